The number of amides is 1. The van der Waals surface area contributed by atoms with Crippen molar-refractivity contribution in [2.24, 2.45) is 5.73 Å². The molecule has 2 aromatic rings. The molecule has 2 aliphatic rings. The molecule has 2 saturated heterocycles. The molecule has 3 heterocycles. The predicted octanol–water partition coefficient (Wildman–Crippen LogP) is 2.07. The van der Waals surface area contributed by atoms with Gasteiger partial charge in [0.15, 0.2) is 0 Å². The molecule has 0 aliphatic carbocycles. The van der Waals surface area contributed by atoms with Crippen LogP contribution < -0.4 is 10.6 Å². The minimum Gasteiger partial charge on any atom is -0.388 e. The molecule has 1 amide bonds. The quantitative estimate of drug-likeness (QED) is 0.786. The summed E-state index contributed by atoms with van der Waals surface area (Å²) in [5, 5.41) is 11.2. The average molecular weight is 413 g/mol. The number of nitrogens with two attached hydrogens (primary N) is 1. The topological polar surface area (TPSA) is 82.7 Å². The number of rotatable bonds is 5. The van der Waals surface area contributed by atoms with Crippen molar-refractivity contribution in [3.63, 3.8) is 0 Å². The second-order valence-electron chi connectivity index (χ2n) is 8.64. The summed E-state index contributed by atoms with van der Waals surface area (Å²) in [6.07, 6.45) is 4.26. The largest absolute Gasteiger partial charge is 0.388 e. The number of para-hydroxylation sites is 1. The fraction of sp³-hybridized carbons (Fsp3) is 0.478. The minimum absolute atomic E-state index is 0.236. The van der Waals surface area contributed by atoms with Crippen molar-refractivity contribution < 1.29 is 14.3 Å². The average Bonchev–Trinajstić information content (AvgIpc) is 2.75. The van der Waals surface area contributed by atoms with E-state index < -0.39 is 11.0 Å². The Morgan fingerprint density at radius 1 is 1.10 bits per heavy atom. The molecule has 1 aromatic carbocycles. The number of nitrogens with zero attached hydrogens (tertiary/aromatic N) is 3. The minimum atomic E-state index is -0.868. The number of halogens is 1. The number of piperidine rings is 2. The highest BCUT2D eigenvalue weighted by Gasteiger charge is 2.45. The molecule has 30 heavy (non-hydrogen) atoms. The number of carbonyl (C=O) groups is 1. The van der Waals surface area contributed by atoms with Gasteiger partial charge >= 0.3 is 0 Å². The van der Waals surface area contributed by atoms with Gasteiger partial charge in [-0.25, -0.2) is 4.39 Å². The summed E-state index contributed by atoms with van der Waals surface area (Å²) in [7, 11) is 0. The lowest BCUT2D eigenvalue weighted by Gasteiger charge is -2.46. The Bertz CT molecular complexity index is 886. The van der Waals surface area contributed by atoms with E-state index in [0.29, 0.717) is 56.8 Å². The van der Waals surface area contributed by atoms with Crippen molar-refractivity contribution in [2.75, 3.05) is 37.6 Å². The van der Waals surface area contributed by atoms with E-state index in [1.807, 2.05) is 29.2 Å². The zero-order chi connectivity index (χ0) is 21.2. The van der Waals surface area contributed by atoms with E-state index in [2.05, 4.69) is 9.88 Å². The Morgan fingerprint density at radius 2 is 1.83 bits per heavy atom. The van der Waals surface area contributed by atoms with Crippen molar-refractivity contribution in [1.29, 1.82) is 0 Å². The summed E-state index contributed by atoms with van der Waals surface area (Å²) in [5.74, 6) is -0.604. The molecule has 0 bridgehead atoms. The van der Waals surface area contributed by atoms with Crippen molar-refractivity contribution in [3.8, 4) is 0 Å². The van der Waals surface area contributed by atoms with E-state index in [4.69, 9.17) is 5.73 Å². The van der Waals surface area contributed by atoms with E-state index in [0.717, 1.165) is 13.0 Å². The maximum Gasteiger partial charge on any atom is 0.230 e. The standard InChI is InChI=1S/C23H29FN4O2/c24-18-6-1-2-7-19(18)28-14-10-22(30,11-15-28)16-27-13-5-9-23(17-27,21(25)29)20-8-3-4-12-26-20/h1-4,6-8,12,30H,5,9-11,13-17H2,(H2,25,29)/t23-/m0/s1. The molecule has 0 saturated carbocycles. The van der Waals surface area contributed by atoms with Gasteiger partial charge in [-0.1, -0.05) is 18.2 Å². The SMILES string of the molecule is NC(=O)[C@@]1(c2ccccn2)CCCN(CC2(O)CCN(c3ccccc3F)CC2)C1. The molecule has 1 atom stereocenters. The smallest absolute Gasteiger partial charge is 0.230 e. The first-order valence-electron chi connectivity index (χ1n) is 10.6. The zero-order valence-corrected chi connectivity index (χ0v) is 17.1. The molecule has 2 fully saturated rings. The number of β-amino-alcohol motifs (C(OH)–C–C–N with tert-alkyl or cyclic N) is 1. The van der Waals surface area contributed by atoms with E-state index in [1.54, 1.807) is 18.3 Å². The van der Waals surface area contributed by atoms with Gasteiger partial charge in [-0.05, 0) is 56.5 Å². The molecule has 0 unspecified atom stereocenters. The Labute approximate surface area is 176 Å². The number of aliphatic hydroxyl groups is 1. The fourth-order valence-electron chi connectivity index (χ4n) is 4.91. The number of pyridine rings is 1. The van der Waals surface area contributed by atoms with Gasteiger partial charge in [0.05, 0.1) is 17.0 Å². The fourth-order valence-corrected chi connectivity index (χ4v) is 4.91. The third kappa shape index (κ3) is 4.04. The van der Waals surface area contributed by atoms with Crippen LogP contribution in [0.25, 0.3) is 0 Å². The van der Waals surface area contributed by atoms with Gasteiger partial charge in [0.25, 0.3) is 0 Å². The molecular weight excluding hydrogens is 383 g/mol. The number of anilines is 1. The van der Waals surface area contributed by atoms with Crippen LogP contribution in [0.1, 0.15) is 31.4 Å². The Kier molecular flexibility index (Phi) is 5.75. The molecule has 4 rings (SSSR count). The van der Waals surface area contributed by atoms with Gasteiger partial charge in [0.1, 0.15) is 11.2 Å². The molecule has 1 aromatic heterocycles. The van der Waals surface area contributed by atoms with Crippen LogP contribution in [0.4, 0.5) is 10.1 Å². The third-order valence-electron chi connectivity index (χ3n) is 6.60. The first-order valence-corrected chi connectivity index (χ1v) is 10.6. The first-order chi connectivity index (χ1) is 14.4. The number of primary amides is 1. The highest BCUT2D eigenvalue weighted by Crippen LogP contribution is 2.35. The lowest BCUT2D eigenvalue weighted by molar-refractivity contribution is -0.126. The zero-order valence-electron chi connectivity index (χ0n) is 17.1. The van der Waals surface area contributed by atoms with Crippen LogP contribution in [0.15, 0.2) is 48.7 Å². The summed E-state index contributed by atoms with van der Waals surface area (Å²) in [5.41, 5.74) is 5.43. The maximum atomic E-state index is 14.1. The van der Waals surface area contributed by atoms with Gasteiger partial charge in [-0.3, -0.25) is 14.7 Å². The van der Waals surface area contributed by atoms with Crippen LogP contribution in [0, 0.1) is 5.82 Å². The van der Waals surface area contributed by atoms with Crippen molar-refractivity contribution in [3.05, 3.63) is 60.2 Å². The number of carbonyl (C=O) groups excluding carboxylic acids is 1. The van der Waals surface area contributed by atoms with Crippen LogP contribution in [-0.4, -0.2) is 59.2 Å². The summed E-state index contributed by atoms with van der Waals surface area (Å²) < 4.78 is 14.1. The van der Waals surface area contributed by atoms with Crippen LogP contribution >= 0.6 is 0 Å². The number of hydrogen-bond acceptors (Lipinski definition) is 5. The summed E-state index contributed by atoms with van der Waals surface area (Å²) >= 11 is 0. The molecule has 0 radical (unpaired) electrons. The Hall–Kier alpha value is -2.51. The number of hydrogen-bond donors (Lipinski definition) is 2. The lowest BCUT2D eigenvalue weighted by atomic mass is 9.75. The molecule has 0 spiro atoms. The van der Waals surface area contributed by atoms with Crippen LogP contribution in [0.2, 0.25) is 0 Å². The van der Waals surface area contributed by atoms with E-state index in [-0.39, 0.29) is 11.7 Å². The highest BCUT2D eigenvalue weighted by atomic mass is 19.1. The van der Waals surface area contributed by atoms with Gasteiger partial charge in [-0.2, -0.15) is 0 Å². The monoisotopic (exact) mass is 412 g/mol. The van der Waals surface area contributed by atoms with Gasteiger partial charge < -0.3 is 15.7 Å². The number of benzene rings is 1. The molecule has 6 nitrogen and oxygen atoms in total. The van der Waals surface area contributed by atoms with Gasteiger partial charge in [0, 0.05) is 32.4 Å². The lowest BCUT2D eigenvalue weighted by Crippen LogP contribution is -2.58. The van der Waals surface area contributed by atoms with Crippen LogP contribution in [0.5, 0.6) is 0 Å². The number of likely N-dealkylation sites (tertiary alicyclic amines) is 1. The van der Waals surface area contributed by atoms with E-state index in [1.165, 1.54) is 6.07 Å². The van der Waals surface area contributed by atoms with Crippen molar-refractivity contribution >= 4 is 11.6 Å². The van der Waals surface area contributed by atoms with Crippen LogP contribution in [-0.2, 0) is 10.2 Å². The molecule has 2 aliphatic heterocycles. The second kappa shape index (κ2) is 8.32. The molecule has 160 valence electrons. The Morgan fingerprint density at radius 3 is 2.50 bits per heavy atom. The molecular formula is C23H29FN4O2. The Balaban J connectivity index is 1.44. The van der Waals surface area contributed by atoms with Gasteiger partial charge in [-0.15, -0.1) is 0 Å². The van der Waals surface area contributed by atoms with E-state index in [9.17, 15) is 14.3 Å². The highest BCUT2D eigenvalue weighted by molar-refractivity contribution is 5.86. The van der Waals surface area contributed by atoms with Gasteiger partial charge in [0.2, 0.25) is 5.91 Å². The van der Waals surface area contributed by atoms with E-state index >= 15 is 0 Å². The summed E-state index contributed by atoms with van der Waals surface area (Å²) in [4.78, 5) is 21.0. The molecule has 7 heteroatoms. The molecule has 3 N–H and O–H groups in total. The maximum absolute atomic E-state index is 14.1. The summed E-state index contributed by atoms with van der Waals surface area (Å²) in [6, 6.07) is 12.3. The normalized spacial score (nSPS) is 24.5. The number of aromatic nitrogens is 1. The van der Waals surface area contributed by atoms with Crippen LogP contribution in [0.3, 0.4) is 0 Å². The predicted molar refractivity (Wildman–Crippen MR) is 114 cm³/mol. The van der Waals surface area contributed by atoms with Crippen molar-refractivity contribution in [2.45, 2.75) is 36.7 Å². The third-order valence-corrected chi connectivity index (χ3v) is 6.60. The van der Waals surface area contributed by atoms with Crippen molar-refractivity contribution in [1.82, 2.24) is 9.88 Å². The summed E-state index contributed by atoms with van der Waals surface area (Å²) in [6.45, 7) is 2.92. The second-order valence-corrected chi connectivity index (χ2v) is 8.64. The first kappa shape index (κ1) is 20.8.